The Kier molecular flexibility index (Phi) is 6.28. The van der Waals surface area contributed by atoms with Crippen molar-refractivity contribution in [2.45, 2.75) is 24.0 Å². The number of halogens is 1. The molecule has 9 heteroatoms. The van der Waals surface area contributed by atoms with E-state index in [1.165, 1.54) is 29.5 Å². The van der Waals surface area contributed by atoms with Gasteiger partial charge in [-0.1, -0.05) is 66.4 Å². The van der Waals surface area contributed by atoms with Crippen LogP contribution in [0.4, 0.5) is 4.39 Å². The van der Waals surface area contributed by atoms with Crippen molar-refractivity contribution >= 4 is 23.4 Å². The normalized spacial score (nSPS) is 17.8. The maximum absolute atomic E-state index is 13.9. The van der Waals surface area contributed by atoms with Crippen LogP contribution in [0.2, 0.25) is 0 Å². The number of hydrazone groups is 1. The van der Waals surface area contributed by atoms with Crippen molar-refractivity contribution < 1.29 is 13.6 Å². The number of benzene rings is 3. The van der Waals surface area contributed by atoms with Crippen molar-refractivity contribution in [2.75, 3.05) is 5.75 Å². The largest absolute Gasteiger partial charge is 0.461 e. The fraction of sp³-hybridized carbons (Fsp3) is 0.161. The van der Waals surface area contributed by atoms with Crippen LogP contribution in [0.1, 0.15) is 29.2 Å². The van der Waals surface area contributed by atoms with E-state index in [4.69, 9.17) is 9.52 Å². The number of thioether (sulfide) groups is 1. The summed E-state index contributed by atoms with van der Waals surface area (Å²) in [7, 11) is 0. The third-order valence-corrected chi connectivity index (χ3v) is 8.32. The van der Waals surface area contributed by atoms with Crippen molar-refractivity contribution in [1.29, 1.82) is 0 Å². The molecule has 0 saturated carbocycles. The van der Waals surface area contributed by atoms with Crippen LogP contribution in [0.25, 0.3) is 17.3 Å². The highest BCUT2D eigenvalue weighted by Crippen LogP contribution is 2.43. The van der Waals surface area contributed by atoms with E-state index in [2.05, 4.69) is 22.3 Å². The Morgan fingerprint density at radius 1 is 0.950 bits per heavy atom. The maximum atomic E-state index is 13.9. The lowest BCUT2D eigenvalue weighted by Crippen LogP contribution is -2.33. The Balaban J connectivity index is 1.21. The lowest BCUT2D eigenvalue weighted by atomic mass is 9.77. The highest BCUT2D eigenvalue weighted by Gasteiger charge is 2.43. The monoisotopic (exact) mass is 549 g/mol. The number of nitrogens with zero attached hydrogens (tertiary/aromatic N) is 5. The molecule has 7 rings (SSSR count). The standard InChI is InChI=1S/C31H24FN5O2S/c32-22-15-12-21(13-16-22)29-25-17-14-20-7-4-5-10-24(20)28(25)35-37(29)27(38)19-40-31-34-33-30(26-11-6-18-39-26)36(31)23-8-2-1-3-9-23/h1-13,15-16,18,25,29H,14,17,19H2/t25-,29+/m0/s1. The topological polar surface area (TPSA) is 76.5 Å². The summed E-state index contributed by atoms with van der Waals surface area (Å²) in [6.07, 6.45) is 3.36. The number of carbonyl (C=O) groups is 1. The summed E-state index contributed by atoms with van der Waals surface area (Å²) in [5.74, 6) is 0.817. The summed E-state index contributed by atoms with van der Waals surface area (Å²) in [6.45, 7) is 0. The van der Waals surface area contributed by atoms with Crippen LogP contribution >= 0.6 is 11.8 Å². The minimum Gasteiger partial charge on any atom is -0.461 e. The molecule has 1 aliphatic heterocycles. The van der Waals surface area contributed by atoms with Gasteiger partial charge >= 0.3 is 0 Å². The quantitative estimate of drug-likeness (QED) is 0.232. The number of fused-ring (bicyclic) bond motifs is 3. The SMILES string of the molecule is O=C(CSc1nnc(-c2ccco2)n1-c1ccccc1)N1N=C2c3ccccc3CC[C@@H]2[C@H]1c1ccc(F)cc1. The first-order chi connectivity index (χ1) is 19.7. The van der Waals surface area contributed by atoms with Crippen LogP contribution in [-0.4, -0.2) is 37.1 Å². The lowest BCUT2D eigenvalue weighted by molar-refractivity contribution is -0.130. The van der Waals surface area contributed by atoms with Crippen molar-refractivity contribution in [1.82, 2.24) is 19.8 Å². The second-order valence-electron chi connectivity index (χ2n) is 9.77. The molecule has 7 nitrogen and oxygen atoms in total. The van der Waals surface area contributed by atoms with Gasteiger partial charge in [0.15, 0.2) is 10.9 Å². The Labute approximate surface area is 234 Å². The lowest BCUT2D eigenvalue weighted by Gasteiger charge is -2.29. The smallest absolute Gasteiger partial charge is 0.253 e. The molecular weight excluding hydrogens is 525 g/mol. The van der Waals surface area contributed by atoms with Crippen LogP contribution in [0, 0.1) is 11.7 Å². The number of rotatable bonds is 6. The number of carbonyl (C=O) groups excluding carboxylic acids is 1. The van der Waals surface area contributed by atoms with E-state index in [0.29, 0.717) is 16.7 Å². The van der Waals surface area contributed by atoms with Gasteiger partial charge in [0.2, 0.25) is 5.82 Å². The second-order valence-corrected chi connectivity index (χ2v) is 10.7. The van der Waals surface area contributed by atoms with Gasteiger partial charge in [-0.15, -0.1) is 10.2 Å². The number of amides is 1. The van der Waals surface area contributed by atoms with Gasteiger partial charge in [0, 0.05) is 17.2 Å². The molecular formula is C31H24FN5O2S. The van der Waals surface area contributed by atoms with Crippen LogP contribution in [0.3, 0.4) is 0 Å². The van der Waals surface area contributed by atoms with Crippen molar-refractivity contribution in [3.63, 3.8) is 0 Å². The third-order valence-electron chi connectivity index (χ3n) is 7.41. The predicted octanol–water partition coefficient (Wildman–Crippen LogP) is 6.31. The van der Waals surface area contributed by atoms with Gasteiger partial charge in [-0.2, -0.15) is 5.10 Å². The zero-order valence-electron chi connectivity index (χ0n) is 21.4. The molecule has 0 unspecified atom stereocenters. The molecule has 1 aliphatic carbocycles. The Hall–Kier alpha value is -4.50. The van der Waals surface area contributed by atoms with E-state index >= 15 is 0 Å². The van der Waals surface area contributed by atoms with Gasteiger partial charge in [0.1, 0.15) is 5.82 Å². The van der Waals surface area contributed by atoms with Gasteiger partial charge in [0.25, 0.3) is 5.91 Å². The van der Waals surface area contributed by atoms with E-state index in [0.717, 1.165) is 35.4 Å². The Morgan fingerprint density at radius 2 is 1.75 bits per heavy atom. The number of para-hydroxylation sites is 1. The molecule has 198 valence electrons. The summed E-state index contributed by atoms with van der Waals surface area (Å²) in [5, 5.41) is 15.8. The predicted molar refractivity (Wildman–Crippen MR) is 151 cm³/mol. The molecule has 0 radical (unpaired) electrons. The number of furan rings is 1. The fourth-order valence-electron chi connectivity index (χ4n) is 5.60. The molecule has 1 amide bonds. The molecule has 3 aromatic carbocycles. The number of aryl methyl sites for hydroxylation is 1. The molecule has 2 atom stereocenters. The first kappa shape index (κ1) is 24.5. The summed E-state index contributed by atoms with van der Waals surface area (Å²) in [6, 6.07) is 27.7. The number of aromatic nitrogens is 3. The molecule has 5 aromatic rings. The van der Waals surface area contributed by atoms with Crippen molar-refractivity contribution in [2.24, 2.45) is 11.0 Å². The van der Waals surface area contributed by atoms with Gasteiger partial charge in [-0.05, 0) is 60.4 Å². The van der Waals surface area contributed by atoms with E-state index in [1.807, 2.05) is 53.1 Å². The molecule has 40 heavy (non-hydrogen) atoms. The molecule has 0 bridgehead atoms. The summed E-state index contributed by atoms with van der Waals surface area (Å²) in [5.41, 5.74) is 4.97. The van der Waals surface area contributed by atoms with Crippen LogP contribution in [0.5, 0.6) is 0 Å². The van der Waals surface area contributed by atoms with Crippen LogP contribution in [0.15, 0.2) is 112 Å². The van der Waals surface area contributed by atoms with Gasteiger partial charge in [-0.25, -0.2) is 9.40 Å². The fourth-order valence-corrected chi connectivity index (χ4v) is 6.40. The first-order valence-corrected chi connectivity index (χ1v) is 14.1. The highest BCUT2D eigenvalue weighted by atomic mass is 32.2. The molecule has 0 fully saturated rings. The highest BCUT2D eigenvalue weighted by molar-refractivity contribution is 7.99. The molecule has 0 saturated heterocycles. The van der Waals surface area contributed by atoms with Crippen LogP contribution in [-0.2, 0) is 11.2 Å². The summed E-state index contributed by atoms with van der Waals surface area (Å²) in [4.78, 5) is 13.9. The van der Waals surface area contributed by atoms with Crippen LogP contribution < -0.4 is 0 Å². The maximum Gasteiger partial charge on any atom is 0.253 e. The van der Waals surface area contributed by atoms with Gasteiger partial charge in [-0.3, -0.25) is 9.36 Å². The molecule has 0 spiro atoms. The number of hydrogen-bond donors (Lipinski definition) is 0. The Morgan fingerprint density at radius 3 is 2.55 bits per heavy atom. The van der Waals surface area contributed by atoms with E-state index in [9.17, 15) is 9.18 Å². The van der Waals surface area contributed by atoms with Crippen molar-refractivity contribution in [3.8, 4) is 17.3 Å². The van der Waals surface area contributed by atoms with E-state index < -0.39 is 0 Å². The second kappa shape index (κ2) is 10.2. The average Bonchev–Trinajstić information content (AvgIpc) is 3.75. The Bertz CT molecular complexity index is 1700. The molecule has 0 N–H and O–H groups in total. The third kappa shape index (κ3) is 4.32. The van der Waals surface area contributed by atoms with E-state index in [1.54, 1.807) is 29.5 Å². The average molecular weight is 550 g/mol. The molecule has 2 aliphatic rings. The summed E-state index contributed by atoms with van der Waals surface area (Å²) < 4.78 is 21.3. The molecule has 2 aromatic heterocycles. The van der Waals surface area contributed by atoms with Gasteiger partial charge in [0.05, 0.1) is 23.8 Å². The minimum atomic E-state index is -0.307. The zero-order chi connectivity index (χ0) is 27.1. The van der Waals surface area contributed by atoms with Gasteiger partial charge < -0.3 is 4.42 Å². The zero-order valence-corrected chi connectivity index (χ0v) is 22.2. The van der Waals surface area contributed by atoms with E-state index in [-0.39, 0.29) is 29.4 Å². The first-order valence-electron chi connectivity index (χ1n) is 13.1. The van der Waals surface area contributed by atoms with Crippen molar-refractivity contribution in [3.05, 3.63) is 120 Å². The molecule has 3 heterocycles. The number of hydrogen-bond acceptors (Lipinski definition) is 6. The summed E-state index contributed by atoms with van der Waals surface area (Å²) >= 11 is 1.30. The minimum absolute atomic E-state index is 0.0350.